The summed E-state index contributed by atoms with van der Waals surface area (Å²) >= 11 is 0. The number of aliphatic hydroxyl groups excluding tert-OH is 1. The van der Waals surface area contributed by atoms with Crippen LogP contribution in [0.2, 0.25) is 0 Å². The lowest BCUT2D eigenvalue weighted by molar-refractivity contribution is 0.183. The third-order valence-corrected chi connectivity index (χ3v) is 3.11. The molecule has 106 valence electrons. The van der Waals surface area contributed by atoms with E-state index < -0.39 is 0 Å². The smallest absolute Gasteiger partial charge is 0.231 e. The largest absolute Gasteiger partial charge is 0.393 e. The van der Waals surface area contributed by atoms with Crippen LogP contribution in [-0.4, -0.2) is 45.8 Å². The van der Waals surface area contributed by atoms with Gasteiger partial charge in [0.2, 0.25) is 17.8 Å². The molecule has 0 spiro atoms. The molecule has 1 fully saturated rings. The normalized spacial score (nSPS) is 16.6. The van der Waals surface area contributed by atoms with E-state index in [0.717, 1.165) is 25.9 Å². The van der Waals surface area contributed by atoms with Crippen LogP contribution in [0.15, 0.2) is 0 Å². The first-order valence-corrected chi connectivity index (χ1v) is 6.83. The van der Waals surface area contributed by atoms with E-state index in [1.807, 2.05) is 0 Å². The Bertz CT molecular complexity index is 405. The highest BCUT2D eigenvalue weighted by molar-refractivity contribution is 5.42. The first kappa shape index (κ1) is 13.8. The van der Waals surface area contributed by atoms with E-state index in [2.05, 4.69) is 25.2 Å². The van der Waals surface area contributed by atoms with Gasteiger partial charge in [0.15, 0.2) is 0 Å². The lowest BCUT2D eigenvalue weighted by Crippen LogP contribution is -2.22. The molecular formula is C12H22N6O. The quantitative estimate of drug-likeness (QED) is 0.649. The highest BCUT2D eigenvalue weighted by Gasteiger charge is 2.16. The fourth-order valence-corrected chi connectivity index (χ4v) is 2.12. The molecule has 1 aromatic heterocycles. The first-order valence-electron chi connectivity index (χ1n) is 6.83. The van der Waals surface area contributed by atoms with Crippen molar-refractivity contribution >= 4 is 17.8 Å². The van der Waals surface area contributed by atoms with Crippen molar-refractivity contribution in [3.63, 3.8) is 0 Å². The summed E-state index contributed by atoms with van der Waals surface area (Å²) in [5, 5.41) is 12.3. The Kier molecular flexibility index (Phi) is 4.73. The predicted molar refractivity (Wildman–Crippen MR) is 75.1 cm³/mol. The van der Waals surface area contributed by atoms with Gasteiger partial charge < -0.3 is 21.1 Å². The molecule has 1 aromatic rings. The van der Waals surface area contributed by atoms with Crippen molar-refractivity contribution < 1.29 is 5.11 Å². The third-order valence-electron chi connectivity index (χ3n) is 3.11. The number of rotatable bonds is 6. The summed E-state index contributed by atoms with van der Waals surface area (Å²) in [5.74, 6) is 1.41. The highest BCUT2D eigenvalue weighted by Crippen LogP contribution is 2.17. The van der Waals surface area contributed by atoms with E-state index in [1.165, 1.54) is 12.8 Å². The van der Waals surface area contributed by atoms with Crippen molar-refractivity contribution in [3.8, 4) is 0 Å². The summed E-state index contributed by atoms with van der Waals surface area (Å²) in [4.78, 5) is 14.8. The fraction of sp³-hybridized carbons (Fsp3) is 0.750. The van der Waals surface area contributed by atoms with E-state index in [1.54, 1.807) is 6.92 Å². The second-order valence-corrected chi connectivity index (χ2v) is 4.93. The van der Waals surface area contributed by atoms with Gasteiger partial charge in [0, 0.05) is 19.6 Å². The molecule has 0 saturated carbocycles. The zero-order valence-corrected chi connectivity index (χ0v) is 11.3. The van der Waals surface area contributed by atoms with Crippen LogP contribution in [0.3, 0.4) is 0 Å². The molecule has 7 nitrogen and oxygen atoms in total. The van der Waals surface area contributed by atoms with Crippen molar-refractivity contribution in [2.24, 2.45) is 0 Å². The molecule has 0 amide bonds. The summed E-state index contributed by atoms with van der Waals surface area (Å²) < 4.78 is 0. The lowest BCUT2D eigenvalue weighted by atomic mass is 10.2. The number of nitrogens with two attached hydrogens (primary N) is 1. The highest BCUT2D eigenvalue weighted by atomic mass is 16.3. The average Bonchev–Trinajstić information content (AvgIpc) is 2.87. The molecule has 0 radical (unpaired) electrons. The van der Waals surface area contributed by atoms with Gasteiger partial charge in [0.25, 0.3) is 0 Å². The van der Waals surface area contributed by atoms with Gasteiger partial charge in [-0.2, -0.15) is 15.0 Å². The summed E-state index contributed by atoms with van der Waals surface area (Å²) in [6, 6.07) is 0. The van der Waals surface area contributed by atoms with E-state index in [-0.39, 0.29) is 12.1 Å². The lowest BCUT2D eigenvalue weighted by Gasteiger charge is -2.16. The molecule has 2 rings (SSSR count). The molecular weight excluding hydrogens is 244 g/mol. The molecule has 0 aliphatic carbocycles. The maximum absolute atomic E-state index is 9.19. The van der Waals surface area contributed by atoms with Crippen LogP contribution < -0.4 is 16.0 Å². The number of aliphatic hydroxyl groups is 1. The molecule has 19 heavy (non-hydrogen) atoms. The van der Waals surface area contributed by atoms with Crippen LogP contribution in [0, 0.1) is 0 Å². The third kappa shape index (κ3) is 4.20. The molecule has 1 saturated heterocycles. The maximum atomic E-state index is 9.19. The zero-order valence-electron chi connectivity index (χ0n) is 11.3. The average molecular weight is 266 g/mol. The van der Waals surface area contributed by atoms with Gasteiger partial charge in [-0.1, -0.05) is 0 Å². The van der Waals surface area contributed by atoms with Gasteiger partial charge in [-0.3, -0.25) is 0 Å². The Balaban J connectivity index is 1.92. The minimum atomic E-state index is -0.273. The molecule has 0 aromatic carbocycles. The maximum Gasteiger partial charge on any atom is 0.231 e. The molecule has 1 atom stereocenters. The Morgan fingerprint density at radius 2 is 2.05 bits per heavy atom. The zero-order chi connectivity index (χ0) is 13.7. The minimum absolute atomic E-state index is 0.245. The minimum Gasteiger partial charge on any atom is -0.393 e. The summed E-state index contributed by atoms with van der Waals surface area (Å²) in [5.41, 5.74) is 5.71. The second-order valence-electron chi connectivity index (χ2n) is 4.93. The Morgan fingerprint density at radius 1 is 1.32 bits per heavy atom. The van der Waals surface area contributed by atoms with Crippen LogP contribution in [0.5, 0.6) is 0 Å². The predicted octanol–water partition coefficient (Wildman–Crippen LogP) is 0.627. The topological polar surface area (TPSA) is 100 Å². The van der Waals surface area contributed by atoms with E-state index in [4.69, 9.17) is 5.73 Å². The van der Waals surface area contributed by atoms with Crippen molar-refractivity contribution in [1.29, 1.82) is 0 Å². The molecule has 1 unspecified atom stereocenters. The fourth-order valence-electron chi connectivity index (χ4n) is 2.12. The van der Waals surface area contributed by atoms with Gasteiger partial charge in [-0.15, -0.1) is 0 Å². The van der Waals surface area contributed by atoms with Crippen LogP contribution in [-0.2, 0) is 0 Å². The SMILES string of the molecule is CC(O)CCCNc1nc(N)nc(N2CCCC2)n1. The summed E-state index contributed by atoms with van der Waals surface area (Å²) in [6.07, 6.45) is 3.69. The molecule has 4 N–H and O–H groups in total. The number of nitrogens with zero attached hydrogens (tertiary/aromatic N) is 4. The number of aromatic nitrogens is 3. The number of hydrogen-bond acceptors (Lipinski definition) is 7. The van der Waals surface area contributed by atoms with E-state index in [9.17, 15) is 5.11 Å². The first-order chi connectivity index (χ1) is 9.15. The Morgan fingerprint density at radius 3 is 2.74 bits per heavy atom. The Labute approximate surface area is 113 Å². The number of nitrogens with one attached hydrogen (secondary N) is 1. The van der Waals surface area contributed by atoms with E-state index in [0.29, 0.717) is 18.4 Å². The Hall–Kier alpha value is -1.63. The molecule has 2 heterocycles. The molecule has 7 heteroatoms. The van der Waals surface area contributed by atoms with Crippen molar-refractivity contribution in [1.82, 2.24) is 15.0 Å². The summed E-state index contributed by atoms with van der Waals surface area (Å²) in [6.45, 7) is 4.45. The van der Waals surface area contributed by atoms with Gasteiger partial charge >= 0.3 is 0 Å². The standard InChI is InChI=1S/C12H22N6O/c1-9(19)5-4-6-14-11-15-10(13)16-12(17-11)18-7-2-3-8-18/h9,19H,2-8H2,1H3,(H3,13,14,15,16,17). The molecule has 1 aliphatic rings. The van der Waals surface area contributed by atoms with Gasteiger partial charge in [-0.25, -0.2) is 0 Å². The van der Waals surface area contributed by atoms with Crippen molar-refractivity contribution in [3.05, 3.63) is 0 Å². The van der Waals surface area contributed by atoms with Crippen LogP contribution >= 0.6 is 0 Å². The van der Waals surface area contributed by atoms with Crippen LogP contribution in [0.1, 0.15) is 32.6 Å². The van der Waals surface area contributed by atoms with Crippen LogP contribution in [0.4, 0.5) is 17.8 Å². The van der Waals surface area contributed by atoms with Gasteiger partial charge in [0.05, 0.1) is 6.10 Å². The van der Waals surface area contributed by atoms with Crippen molar-refractivity contribution in [2.45, 2.75) is 38.7 Å². The van der Waals surface area contributed by atoms with Crippen molar-refractivity contribution in [2.75, 3.05) is 35.6 Å². The number of anilines is 3. The molecule has 0 bridgehead atoms. The second kappa shape index (κ2) is 6.51. The monoisotopic (exact) mass is 266 g/mol. The van der Waals surface area contributed by atoms with Gasteiger partial charge in [0.1, 0.15) is 0 Å². The van der Waals surface area contributed by atoms with Gasteiger partial charge in [-0.05, 0) is 32.6 Å². The van der Waals surface area contributed by atoms with Crippen LogP contribution in [0.25, 0.3) is 0 Å². The van der Waals surface area contributed by atoms with E-state index >= 15 is 0 Å². The number of hydrogen-bond donors (Lipinski definition) is 3. The molecule has 1 aliphatic heterocycles. The summed E-state index contributed by atoms with van der Waals surface area (Å²) in [7, 11) is 0. The number of nitrogen functional groups attached to an aromatic ring is 1.